The van der Waals surface area contributed by atoms with Crippen LogP contribution in [-0.4, -0.2) is 17.5 Å². The summed E-state index contributed by atoms with van der Waals surface area (Å²) in [7, 11) is 0. The Morgan fingerprint density at radius 1 is 1.00 bits per heavy atom. The maximum atomic E-state index is 12.0. The van der Waals surface area contributed by atoms with Gasteiger partial charge in [0.05, 0.1) is 0 Å². The number of rotatable bonds is 5. The number of halogens is 1. The first-order valence-electron chi connectivity index (χ1n) is 8.87. The minimum absolute atomic E-state index is 0.0340. The summed E-state index contributed by atoms with van der Waals surface area (Å²) in [5, 5.41) is 14.0. The van der Waals surface area contributed by atoms with Crippen molar-refractivity contribution in [2.45, 2.75) is 0 Å². The smallest absolute Gasteiger partial charge is 0.336 e. The van der Waals surface area contributed by atoms with E-state index in [0.29, 0.717) is 27.6 Å². The van der Waals surface area contributed by atoms with E-state index in [2.05, 4.69) is 5.16 Å². The Morgan fingerprint density at radius 3 is 2.48 bits per heavy atom. The zero-order chi connectivity index (χ0) is 20.2. The number of hydrogen-bond donors (Lipinski definition) is 1. The van der Waals surface area contributed by atoms with Crippen molar-refractivity contribution in [3.63, 3.8) is 0 Å². The van der Waals surface area contributed by atoms with Crippen molar-refractivity contribution in [3.05, 3.63) is 99.9 Å². The fourth-order valence-corrected chi connectivity index (χ4v) is 3.18. The van der Waals surface area contributed by atoms with Gasteiger partial charge in [-0.3, -0.25) is 0 Å². The van der Waals surface area contributed by atoms with E-state index < -0.39 is 5.63 Å². The zero-order valence-electron chi connectivity index (χ0n) is 15.2. The Morgan fingerprint density at radius 2 is 1.76 bits per heavy atom. The summed E-state index contributed by atoms with van der Waals surface area (Å²) in [4.78, 5) is 12.0. The maximum Gasteiger partial charge on any atom is 0.336 e. The van der Waals surface area contributed by atoms with Gasteiger partial charge in [0.2, 0.25) is 0 Å². The molecule has 4 rings (SSSR count). The average Bonchev–Trinajstić information content (AvgIpc) is 2.75. The Kier molecular flexibility index (Phi) is 5.31. The van der Waals surface area contributed by atoms with Crippen LogP contribution in [0, 0.1) is 0 Å². The van der Waals surface area contributed by atoms with E-state index >= 15 is 0 Å². The first-order valence-corrected chi connectivity index (χ1v) is 9.25. The van der Waals surface area contributed by atoms with Crippen LogP contribution in [0.25, 0.3) is 22.1 Å². The normalized spacial score (nSPS) is 11.6. The second-order valence-electron chi connectivity index (χ2n) is 6.35. The third-order valence-electron chi connectivity index (χ3n) is 4.47. The Balaban J connectivity index is 1.62. The van der Waals surface area contributed by atoms with Crippen LogP contribution in [0.1, 0.15) is 5.56 Å². The second-order valence-corrected chi connectivity index (χ2v) is 6.78. The van der Waals surface area contributed by atoms with Crippen LogP contribution in [0.5, 0.6) is 5.75 Å². The van der Waals surface area contributed by atoms with Gasteiger partial charge in [-0.25, -0.2) is 4.79 Å². The van der Waals surface area contributed by atoms with Crippen molar-refractivity contribution in [2.75, 3.05) is 6.61 Å². The van der Waals surface area contributed by atoms with Crippen LogP contribution in [0.2, 0.25) is 5.02 Å². The van der Waals surface area contributed by atoms with Crippen molar-refractivity contribution in [1.82, 2.24) is 0 Å². The summed E-state index contributed by atoms with van der Waals surface area (Å²) < 4.78 is 11.1. The van der Waals surface area contributed by atoms with Crippen LogP contribution in [-0.2, 0) is 0 Å². The number of hydrogen-bond acceptors (Lipinski definition) is 5. The molecule has 0 unspecified atom stereocenters. The van der Waals surface area contributed by atoms with Crippen molar-refractivity contribution in [2.24, 2.45) is 5.16 Å². The molecule has 0 aliphatic heterocycles. The predicted octanol–water partition coefficient (Wildman–Crippen LogP) is 5.37. The highest BCUT2D eigenvalue weighted by molar-refractivity contribution is 6.30. The highest BCUT2D eigenvalue weighted by atomic mass is 35.5. The molecule has 0 amide bonds. The molecule has 0 spiro atoms. The van der Waals surface area contributed by atoms with Crippen molar-refractivity contribution < 1.29 is 14.4 Å². The van der Waals surface area contributed by atoms with Gasteiger partial charge in [-0.15, -0.1) is 0 Å². The van der Waals surface area contributed by atoms with Gasteiger partial charge in [0, 0.05) is 28.1 Å². The van der Waals surface area contributed by atoms with Gasteiger partial charge in [0.25, 0.3) is 0 Å². The number of nitrogens with zero attached hydrogens (tertiary/aromatic N) is 1. The minimum atomic E-state index is -0.438. The number of benzene rings is 3. The average molecular weight is 406 g/mol. The molecule has 0 fully saturated rings. The van der Waals surface area contributed by atoms with Gasteiger partial charge in [0.1, 0.15) is 23.7 Å². The number of fused-ring (bicyclic) bond motifs is 1. The van der Waals surface area contributed by atoms with Gasteiger partial charge in [0.15, 0.2) is 0 Å². The molecular weight excluding hydrogens is 390 g/mol. The summed E-state index contributed by atoms with van der Waals surface area (Å²) in [6.07, 6.45) is 0. The fourth-order valence-electron chi connectivity index (χ4n) is 3.05. The molecule has 1 N–H and O–H groups in total. The van der Waals surface area contributed by atoms with Crippen molar-refractivity contribution >= 4 is 28.3 Å². The van der Waals surface area contributed by atoms with E-state index in [0.717, 1.165) is 16.5 Å². The number of ether oxygens (including phenoxy) is 1. The topological polar surface area (TPSA) is 72.0 Å². The molecule has 1 aromatic heterocycles. The van der Waals surface area contributed by atoms with E-state index in [1.54, 1.807) is 36.4 Å². The standard InChI is InChI=1S/C23H16ClNO4/c24-17-8-6-16(7-9-17)21(25-27)14-28-18-10-11-19-20(15-4-2-1-3-5-15)13-23(26)29-22(19)12-18/h1-13,27H,14H2. The van der Waals surface area contributed by atoms with Gasteiger partial charge in [-0.2, -0.15) is 0 Å². The first-order chi connectivity index (χ1) is 14.1. The molecule has 29 heavy (non-hydrogen) atoms. The van der Waals surface area contributed by atoms with Crippen LogP contribution in [0.4, 0.5) is 0 Å². The lowest BCUT2D eigenvalue weighted by molar-refractivity contribution is 0.308. The van der Waals surface area contributed by atoms with E-state index in [4.69, 9.17) is 20.8 Å². The van der Waals surface area contributed by atoms with Crippen molar-refractivity contribution in [1.29, 1.82) is 0 Å². The van der Waals surface area contributed by atoms with Gasteiger partial charge in [-0.1, -0.05) is 59.2 Å². The SMILES string of the molecule is O=c1cc(-c2ccccc2)c2ccc(OCC(=NO)c3ccc(Cl)cc3)cc2o1. The van der Waals surface area contributed by atoms with Crippen LogP contribution in [0.15, 0.2) is 93.2 Å². The first kappa shape index (κ1) is 18.8. The third kappa shape index (κ3) is 4.15. The molecule has 0 aliphatic carbocycles. The quantitative estimate of drug-likeness (QED) is 0.210. The molecule has 3 aromatic carbocycles. The summed E-state index contributed by atoms with van der Waals surface area (Å²) in [5.41, 5.74) is 2.74. The van der Waals surface area contributed by atoms with Gasteiger partial charge < -0.3 is 14.4 Å². The molecule has 1 heterocycles. The van der Waals surface area contributed by atoms with Crippen LogP contribution < -0.4 is 10.4 Å². The van der Waals surface area contributed by atoms with E-state index in [1.807, 2.05) is 36.4 Å². The molecule has 4 aromatic rings. The molecule has 0 saturated carbocycles. The molecule has 0 radical (unpaired) electrons. The molecule has 5 nitrogen and oxygen atoms in total. The molecule has 0 saturated heterocycles. The summed E-state index contributed by atoms with van der Waals surface area (Å²) >= 11 is 5.89. The van der Waals surface area contributed by atoms with Crippen LogP contribution in [0.3, 0.4) is 0 Å². The number of oxime groups is 1. The van der Waals surface area contributed by atoms with E-state index in [1.165, 1.54) is 6.07 Å². The summed E-state index contributed by atoms with van der Waals surface area (Å²) in [5.74, 6) is 0.487. The zero-order valence-corrected chi connectivity index (χ0v) is 16.0. The summed E-state index contributed by atoms with van der Waals surface area (Å²) in [6, 6.07) is 23.3. The Labute approximate surface area is 171 Å². The van der Waals surface area contributed by atoms with Crippen LogP contribution >= 0.6 is 11.6 Å². The largest absolute Gasteiger partial charge is 0.487 e. The van der Waals surface area contributed by atoms with Gasteiger partial charge in [-0.05, 0) is 35.4 Å². The maximum absolute atomic E-state index is 12.0. The minimum Gasteiger partial charge on any atom is -0.487 e. The summed E-state index contributed by atoms with van der Waals surface area (Å²) in [6.45, 7) is 0.0340. The van der Waals surface area contributed by atoms with Gasteiger partial charge >= 0.3 is 5.63 Å². The second kappa shape index (κ2) is 8.20. The molecule has 144 valence electrons. The molecule has 0 atom stereocenters. The van der Waals surface area contributed by atoms with E-state index in [9.17, 15) is 10.0 Å². The fraction of sp³-hybridized carbons (Fsp3) is 0.0435. The highest BCUT2D eigenvalue weighted by Gasteiger charge is 2.10. The van der Waals surface area contributed by atoms with Crippen molar-refractivity contribution in [3.8, 4) is 16.9 Å². The predicted molar refractivity (Wildman–Crippen MR) is 113 cm³/mol. The third-order valence-corrected chi connectivity index (χ3v) is 4.73. The molecule has 0 bridgehead atoms. The Hall–Kier alpha value is -3.57. The van der Waals surface area contributed by atoms with E-state index in [-0.39, 0.29) is 6.61 Å². The lowest BCUT2D eigenvalue weighted by Crippen LogP contribution is -2.13. The molecular formula is C23H16ClNO4. The Bertz CT molecular complexity index is 1230. The lowest BCUT2D eigenvalue weighted by Gasteiger charge is -2.10. The monoisotopic (exact) mass is 405 g/mol. The highest BCUT2D eigenvalue weighted by Crippen LogP contribution is 2.29. The molecule has 0 aliphatic rings. The molecule has 6 heteroatoms. The lowest BCUT2D eigenvalue weighted by atomic mass is 10.0.